The second-order valence-electron chi connectivity index (χ2n) is 7.48. The maximum Gasteiger partial charge on any atom is 0.255 e. The highest BCUT2D eigenvalue weighted by molar-refractivity contribution is 14.1. The molecule has 10 heteroatoms. The van der Waals surface area contributed by atoms with Gasteiger partial charge < -0.3 is 10.1 Å². The predicted octanol–water partition coefficient (Wildman–Crippen LogP) is 5.11. The number of hydrogen-bond donors (Lipinski definition) is 2. The third-order valence-electron chi connectivity index (χ3n) is 5.39. The molecular formula is C22H21ClFIN3O3S+. The van der Waals surface area contributed by atoms with Crippen LogP contribution in [0.25, 0.3) is 0 Å². The Balaban J connectivity index is 1.64. The molecule has 2 N–H and O–H groups in total. The number of nitrogens with zero attached hydrogens (tertiary/aromatic N) is 1. The van der Waals surface area contributed by atoms with Crippen LogP contribution in [-0.2, 0) is 22.2 Å². The lowest BCUT2D eigenvalue weighted by molar-refractivity contribution is 0.415. The van der Waals surface area contributed by atoms with Crippen molar-refractivity contribution in [2.75, 3.05) is 17.1 Å². The Bertz CT molecular complexity index is 1250. The van der Waals surface area contributed by atoms with Crippen molar-refractivity contribution in [3.05, 3.63) is 78.9 Å². The number of halogens is 3. The van der Waals surface area contributed by atoms with Crippen molar-refractivity contribution in [1.82, 2.24) is 4.57 Å². The summed E-state index contributed by atoms with van der Waals surface area (Å²) >= 11 is 7.98. The van der Waals surface area contributed by atoms with Crippen molar-refractivity contribution < 1.29 is 13.3 Å². The predicted molar refractivity (Wildman–Crippen MR) is 136 cm³/mol. The molecule has 1 fully saturated rings. The Hall–Kier alpha value is -2.11. The molecule has 1 aliphatic carbocycles. The van der Waals surface area contributed by atoms with E-state index >= 15 is 0 Å². The molecule has 1 aliphatic rings. The van der Waals surface area contributed by atoms with Crippen LogP contribution in [-0.4, -0.2) is 16.9 Å². The molecule has 3 unspecified atom stereocenters. The van der Waals surface area contributed by atoms with Crippen LogP contribution in [0.3, 0.4) is 0 Å². The Morgan fingerprint density at radius 2 is 1.94 bits per heavy atom. The fourth-order valence-corrected chi connectivity index (χ4v) is 5.61. The van der Waals surface area contributed by atoms with Gasteiger partial charge in [0, 0.05) is 34.0 Å². The maximum atomic E-state index is 14.5. The number of methoxy groups -OCH3 is 1. The SMILES string of the molecule is COc1cc(=O)n(C)c(Nc2ccc(I)cc2F)c1N[SH+](=O)C1CC1c1ccc(Cl)cc1. The van der Waals surface area contributed by atoms with Crippen molar-refractivity contribution in [3.63, 3.8) is 0 Å². The quantitative estimate of drug-likeness (QED) is 0.229. The van der Waals surface area contributed by atoms with Gasteiger partial charge in [0.1, 0.15) is 16.9 Å². The first-order valence-electron chi connectivity index (χ1n) is 9.77. The van der Waals surface area contributed by atoms with E-state index in [-0.39, 0.29) is 34.0 Å². The number of rotatable bonds is 7. The zero-order valence-corrected chi connectivity index (χ0v) is 21.0. The molecule has 32 heavy (non-hydrogen) atoms. The van der Waals surface area contributed by atoms with Gasteiger partial charge in [-0.15, -0.1) is 0 Å². The molecule has 0 bridgehead atoms. The van der Waals surface area contributed by atoms with E-state index in [0.717, 1.165) is 15.6 Å². The highest BCUT2D eigenvalue weighted by Crippen LogP contribution is 2.46. The van der Waals surface area contributed by atoms with Crippen molar-refractivity contribution >= 4 is 62.4 Å². The number of benzene rings is 2. The van der Waals surface area contributed by atoms with E-state index in [2.05, 4.69) is 10.0 Å². The molecule has 1 heterocycles. The number of thiol groups is 1. The molecule has 168 valence electrons. The fraction of sp³-hybridized carbons (Fsp3) is 0.227. The van der Waals surface area contributed by atoms with Crippen LogP contribution in [0.15, 0.2) is 53.3 Å². The van der Waals surface area contributed by atoms with Gasteiger partial charge in [-0.2, -0.15) is 0 Å². The van der Waals surface area contributed by atoms with Crippen LogP contribution < -0.4 is 20.3 Å². The maximum absolute atomic E-state index is 14.5. The zero-order chi connectivity index (χ0) is 23.0. The van der Waals surface area contributed by atoms with Crippen molar-refractivity contribution in [3.8, 4) is 5.75 Å². The van der Waals surface area contributed by atoms with Gasteiger partial charge in [0.25, 0.3) is 5.56 Å². The molecule has 2 aromatic carbocycles. The summed E-state index contributed by atoms with van der Waals surface area (Å²) < 4.78 is 38.1. The summed E-state index contributed by atoms with van der Waals surface area (Å²) in [6.45, 7) is 0. The summed E-state index contributed by atoms with van der Waals surface area (Å²) in [6.07, 6.45) is 0.770. The summed E-state index contributed by atoms with van der Waals surface area (Å²) in [7, 11) is 1.10. The lowest BCUT2D eigenvalue weighted by Gasteiger charge is -2.18. The molecule has 3 atom stereocenters. The summed E-state index contributed by atoms with van der Waals surface area (Å²) in [5.74, 6) is 0.189. The molecule has 4 rings (SSSR count). The normalized spacial score (nSPS) is 18.2. The third-order valence-corrected chi connectivity index (χ3v) is 7.93. The molecule has 0 radical (unpaired) electrons. The lowest BCUT2D eigenvalue weighted by Crippen LogP contribution is -2.22. The van der Waals surface area contributed by atoms with E-state index in [0.29, 0.717) is 10.7 Å². The minimum atomic E-state index is -1.89. The number of pyridine rings is 1. The first-order chi connectivity index (χ1) is 15.3. The van der Waals surface area contributed by atoms with Crippen molar-refractivity contribution in [1.29, 1.82) is 0 Å². The number of hydrogen-bond acceptors (Lipinski definition) is 4. The third kappa shape index (κ3) is 4.79. The van der Waals surface area contributed by atoms with Crippen LogP contribution >= 0.6 is 34.2 Å². The van der Waals surface area contributed by atoms with Crippen LogP contribution in [0.1, 0.15) is 17.9 Å². The van der Waals surface area contributed by atoms with Gasteiger partial charge in [-0.05, 0) is 58.5 Å². The molecule has 1 saturated carbocycles. The van der Waals surface area contributed by atoms with E-state index in [1.165, 1.54) is 23.8 Å². The molecule has 1 aromatic heterocycles. The summed E-state index contributed by atoms with van der Waals surface area (Å²) in [5.41, 5.74) is 1.27. The Morgan fingerprint density at radius 3 is 2.59 bits per heavy atom. The largest absolute Gasteiger partial charge is 0.494 e. The molecule has 0 aliphatic heterocycles. The minimum Gasteiger partial charge on any atom is -0.494 e. The zero-order valence-electron chi connectivity index (χ0n) is 17.2. The van der Waals surface area contributed by atoms with Crippen molar-refractivity contribution in [2.45, 2.75) is 17.6 Å². The Labute approximate surface area is 205 Å². The van der Waals surface area contributed by atoms with Crippen LogP contribution in [0, 0.1) is 9.39 Å². The van der Waals surface area contributed by atoms with E-state index in [1.54, 1.807) is 19.2 Å². The van der Waals surface area contributed by atoms with Crippen LogP contribution in [0.5, 0.6) is 5.75 Å². The molecule has 3 aromatic rings. The van der Waals surface area contributed by atoms with Gasteiger partial charge >= 0.3 is 0 Å². The molecular weight excluding hydrogens is 568 g/mol. The minimum absolute atomic E-state index is 0.0731. The first kappa shape index (κ1) is 23.1. The summed E-state index contributed by atoms with van der Waals surface area (Å²) in [4.78, 5) is 12.4. The number of nitrogens with one attached hydrogen (secondary N) is 2. The average molecular weight is 589 g/mol. The molecule has 0 saturated heterocycles. The van der Waals surface area contributed by atoms with E-state index in [4.69, 9.17) is 16.3 Å². The average Bonchev–Trinajstić information content (AvgIpc) is 3.56. The topological polar surface area (TPSA) is 72.4 Å². The van der Waals surface area contributed by atoms with E-state index in [1.807, 2.05) is 46.9 Å². The van der Waals surface area contributed by atoms with Gasteiger partial charge in [0.15, 0.2) is 22.4 Å². The molecule has 0 amide bonds. The number of aromatic nitrogens is 1. The molecule has 0 spiro atoms. The summed E-state index contributed by atoms with van der Waals surface area (Å²) in [5, 5.41) is 3.55. The van der Waals surface area contributed by atoms with Gasteiger partial charge in [-0.25, -0.2) is 9.11 Å². The van der Waals surface area contributed by atoms with Gasteiger partial charge in [-0.1, -0.05) is 27.9 Å². The van der Waals surface area contributed by atoms with E-state index in [9.17, 15) is 13.4 Å². The van der Waals surface area contributed by atoms with Gasteiger partial charge in [0.05, 0.1) is 12.8 Å². The number of anilines is 3. The Morgan fingerprint density at radius 1 is 1.22 bits per heavy atom. The second kappa shape index (κ2) is 9.40. The number of ether oxygens (including phenoxy) is 1. The standard InChI is InChI=1S/C22H20ClFIN3O3S/c1-28-20(29)11-18(31-2)21(22(28)26-17-8-7-14(25)9-16(17)24)27-32(30)19-10-15(19)12-3-5-13(23)6-4-12/h3-9,11,15,19,26H,10H2,1-2H3,(H,27,30)/p+1. The van der Waals surface area contributed by atoms with Gasteiger partial charge in [0.2, 0.25) is 0 Å². The highest BCUT2D eigenvalue weighted by atomic mass is 127. The molecule has 6 nitrogen and oxygen atoms in total. The van der Waals surface area contributed by atoms with Gasteiger partial charge in [-0.3, -0.25) is 9.36 Å². The second-order valence-corrected chi connectivity index (χ2v) is 10.7. The van der Waals surface area contributed by atoms with Crippen LogP contribution in [0.4, 0.5) is 21.6 Å². The Kier molecular flexibility index (Phi) is 6.78. The van der Waals surface area contributed by atoms with Crippen molar-refractivity contribution in [2.24, 2.45) is 7.05 Å². The van der Waals surface area contributed by atoms with Crippen LogP contribution in [0.2, 0.25) is 5.02 Å². The monoisotopic (exact) mass is 588 g/mol. The first-order valence-corrected chi connectivity index (χ1v) is 12.6. The fourth-order valence-electron chi connectivity index (χ4n) is 3.51. The highest BCUT2D eigenvalue weighted by Gasteiger charge is 2.49. The lowest BCUT2D eigenvalue weighted by atomic mass is 10.1. The summed E-state index contributed by atoms with van der Waals surface area (Å²) in [6, 6.07) is 13.5. The smallest absolute Gasteiger partial charge is 0.255 e. The van der Waals surface area contributed by atoms with E-state index < -0.39 is 16.8 Å².